The van der Waals surface area contributed by atoms with Crippen molar-refractivity contribution < 1.29 is 22.0 Å². The highest BCUT2D eigenvalue weighted by Crippen LogP contribution is 2.28. The maximum Gasteiger partial charge on any atom is 0.206 e. The fourth-order valence-electron chi connectivity index (χ4n) is 2.06. The van der Waals surface area contributed by atoms with Crippen LogP contribution in [0.5, 0.6) is 0 Å². The number of aromatic nitrogens is 2. The minimum absolute atomic E-state index is 0.199. The first-order valence-electron chi connectivity index (χ1n) is 5.67. The van der Waals surface area contributed by atoms with Gasteiger partial charge in [0.15, 0.2) is 23.3 Å². The van der Waals surface area contributed by atoms with Crippen molar-refractivity contribution in [3.05, 3.63) is 53.4 Å². The lowest BCUT2D eigenvalue weighted by molar-refractivity contribution is 0.445. The highest BCUT2D eigenvalue weighted by atomic mass is 19.2. The van der Waals surface area contributed by atoms with Crippen molar-refractivity contribution in [2.24, 2.45) is 0 Å². The Morgan fingerprint density at radius 1 is 0.905 bits per heavy atom. The lowest BCUT2D eigenvalue weighted by Gasteiger charge is -2.08. The lowest BCUT2D eigenvalue weighted by Crippen LogP contribution is -2.05. The Kier molecular flexibility index (Phi) is 2.82. The van der Waals surface area contributed by atoms with Crippen LogP contribution < -0.4 is 5.73 Å². The number of nitrogens with zero attached hydrogens (tertiary/aromatic N) is 2. The number of nitrogen functional groups attached to an aromatic ring is 1. The molecule has 0 atom stereocenters. The molecule has 1 aromatic heterocycles. The highest BCUT2D eigenvalue weighted by molar-refractivity contribution is 5.81. The zero-order valence-corrected chi connectivity index (χ0v) is 10.2. The number of benzene rings is 2. The van der Waals surface area contributed by atoms with Crippen LogP contribution in [0.4, 0.5) is 27.9 Å². The largest absolute Gasteiger partial charge is 0.369 e. The summed E-state index contributed by atoms with van der Waals surface area (Å²) >= 11 is 0. The maximum absolute atomic E-state index is 13.8. The van der Waals surface area contributed by atoms with Gasteiger partial charge in [-0.25, -0.2) is 26.9 Å². The first kappa shape index (κ1) is 13.3. The molecule has 2 aromatic carbocycles. The number of hydrogen-bond donors (Lipinski definition) is 1. The van der Waals surface area contributed by atoms with Gasteiger partial charge in [0, 0.05) is 12.1 Å². The van der Waals surface area contributed by atoms with Crippen LogP contribution in [0.2, 0.25) is 0 Å². The van der Waals surface area contributed by atoms with Gasteiger partial charge in [-0.2, -0.15) is 0 Å². The van der Waals surface area contributed by atoms with Crippen molar-refractivity contribution in [1.82, 2.24) is 9.55 Å². The summed E-state index contributed by atoms with van der Waals surface area (Å²) in [6, 6.07) is 3.02. The summed E-state index contributed by atoms with van der Waals surface area (Å²) in [5, 5.41) is 0. The molecule has 8 heteroatoms. The third kappa shape index (κ3) is 1.91. The maximum atomic E-state index is 13.8. The molecule has 21 heavy (non-hydrogen) atoms. The van der Waals surface area contributed by atoms with Crippen LogP contribution in [0.25, 0.3) is 16.7 Å². The van der Waals surface area contributed by atoms with Crippen molar-refractivity contribution in [2.75, 3.05) is 5.73 Å². The van der Waals surface area contributed by atoms with Crippen LogP contribution in [0, 0.1) is 29.1 Å². The molecule has 0 aliphatic heterocycles. The standard InChI is InChI=1S/C13H6F5N3/c14-5-3-7(16)12-9(4-5)21(13(19)20-12)8-2-1-6(15)10(17)11(8)18/h1-4H,(H2,19,20). The van der Waals surface area contributed by atoms with Crippen molar-refractivity contribution in [3.8, 4) is 5.69 Å². The van der Waals surface area contributed by atoms with Gasteiger partial charge < -0.3 is 5.73 Å². The molecule has 0 aliphatic carbocycles. The average Bonchev–Trinajstić information content (AvgIpc) is 2.74. The topological polar surface area (TPSA) is 43.8 Å². The van der Waals surface area contributed by atoms with E-state index in [-0.39, 0.29) is 17.0 Å². The molecule has 0 saturated carbocycles. The number of fused-ring (bicyclic) bond motifs is 1. The van der Waals surface area contributed by atoms with E-state index in [0.717, 1.165) is 16.7 Å². The third-order valence-electron chi connectivity index (χ3n) is 2.96. The molecule has 0 spiro atoms. The second-order valence-electron chi connectivity index (χ2n) is 4.26. The monoisotopic (exact) mass is 299 g/mol. The Morgan fingerprint density at radius 3 is 2.33 bits per heavy atom. The number of halogens is 5. The van der Waals surface area contributed by atoms with E-state index >= 15 is 0 Å². The van der Waals surface area contributed by atoms with Crippen LogP contribution in [-0.4, -0.2) is 9.55 Å². The van der Waals surface area contributed by atoms with Crippen molar-refractivity contribution in [1.29, 1.82) is 0 Å². The summed E-state index contributed by atoms with van der Waals surface area (Å²) in [5.41, 5.74) is 4.53. The van der Waals surface area contributed by atoms with Gasteiger partial charge in [0.2, 0.25) is 5.95 Å². The van der Waals surface area contributed by atoms with Crippen LogP contribution in [0.1, 0.15) is 0 Å². The van der Waals surface area contributed by atoms with Crippen LogP contribution in [-0.2, 0) is 0 Å². The Labute approximate surface area is 114 Å². The van der Waals surface area contributed by atoms with Gasteiger partial charge in [-0.1, -0.05) is 0 Å². The summed E-state index contributed by atoms with van der Waals surface area (Å²) in [6.45, 7) is 0. The quantitative estimate of drug-likeness (QED) is 0.553. The molecule has 0 unspecified atom stereocenters. The molecule has 0 fully saturated rings. The molecule has 0 saturated heterocycles. The smallest absolute Gasteiger partial charge is 0.206 e. The van der Waals surface area contributed by atoms with E-state index in [1.165, 1.54) is 0 Å². The molecule has 0 amide bonds. The van der Waals surface area contributed by atoms with Gasteiger partial charge in [-0.3, -0.25) is 4.57 Å². The number of rotatable bonds is 1. The van der Waals surface area contributed by atoms with Crippen LogP contribution in [0.15, 0.2) is 24.3 Å². The molecular formula is C13H6F5N3. The molecule has 2 N–H and O–H groups in total. The summed E-state index contributed by atoms with van der Waals surface area (Å²) < 4.78 is 67.8. The molecule has 0 bridgehead atoms. The normalized spacial score (nSPS) is 11.3. The van der Waals surface area contributed by atoms with E-state index in [2.05, 4.69) is 4.98 Å². The molecule has 3 rings (SSSR count). The minimum Gasteiger partial charge on any atom is -0.369 e. The number of imidazole rings is 1. The van der Waals surface area contributed by atoms with Gasteiger partial charge in [0.05, 0.1) is 11.2 Å². The second-order valence-corrected chi connectivity index (χ2v) is 4.26. The minimum atomic E-state index is -1.72. The van der Waals surface area contributed by atoms with Gasteiger partial charge in [-0.15, -0.1) is 0 Å². The third-order valence-corrected chi connectivity index (χ3v) is 2.96. The molecule has 1 heterocycles. The molecule has 0 radical (unpaired) electrons. The van der Waals surface area contributed by atoms with Crippen molar-refractivity contribution in [3.63, 3.8) is 0 Å². The predicted molar refractivity (Wildman–Crippen MR) is 65.3 cm³/mol. The van der Waals surface area contributed by atoms with E-state index in [0.29, 0.717) is 12.1 Å². The zero-order chi connectivity index (χ0) is 15.3. The van der Waals surface area contributed by atoms with Crippen LogP contribution in [0.3, 0.4) is 0 Å². The molecule has 3 nitrogen and oxygen atoms in total. The predicted octanol–water partition coefficient (Wildman–Crippen LogP) is 3.30. The average molecular weight is 299 g/mol. The highest BCUT2D eigenvalue weighted by Gasteiger charge is 2.20. The summed E-state index contributed by atoms with van der Waals surface area (Å²) in [7, 11) is 0. The fourth-order valence-corrected chi connectivity index (χ4v) is 2.06. The van der Waals surface area contributed by atoms with Gasteiger partial charge in [-0.05, 0) is 12.1 Å². The first-order valence-corrected chi connectivity index (χ1v) is 5.67. The fraction of sp³-hybridized carbons (Fsp3) is 0. The zero-order valence-electron chi connectivity index (χ0n) is 10.2. The van der Waals surface area contributed by atoms with Gasteiger partial charge >= 0.3 is 0 Å². The Morgan fingerprint density at radius 2 is 1.62 bits per heavy atom. The van der Waals surface area contributed by atoms with Gasteiger partial charge in [0.25, 0.3) is 0 Å². The van der Waals surface area contributed by atoms with E-state index in [4.69, 9.17) is 5.73 Å². The Hall–Kier alpha value is -2.64. The van der Waals surface area contributed by atoms with Crippen molar-refractivity contribution >= 4 is 17.0 Å². The van der Waals surface area contributed by atoms with E-state index in [1.54, 1.807) is 0 Å². The summed E-state index contributed by atoms with van der Waals surface area (Å²) in [5.74, 6) is -6.98. The molecule has 108 valence electrons. The molecular weight excluding hydrogens is 293 g/mol. The number of anilines is 1. The lowest BCUT2D eigenvalue weighted by atomic mass is 10.2. The Bertz CT molecular complexity index is 872. The number of nitrogens with two attached hydrogens (primary N) is 1. The summed E-state index contributed by atoms with van der Waals surface area (Å²) in [4.78, 5) is 3.64. The van der Waals surface area contributed by atoms with Gasteiger partial charge in [0.1, 0.15) is 11.3 Å². The van der Waals surface area contributed by atoms with E-state index in [1.807, 2.05) is 0 Å². The number of hydrogen-bond acceptors (Lipinski definition) is 2. The van der Waals surface area contributed by atoms with E-state index in [9.17, 15) is 22.0 Å². The van der Waals surface area contributed by atoms with E-state index < -0.39 is 34.8 Å². The Balaban J connectivity index is 2.41. The first-order chi connectivity index (χ1) is 9.90. The SMILES string of the molecule is Nc1nc2c(F)cc(F)cc2n1-c1ccc(F)c(F)c1F. The summed E-state index contributed by atoms with van der Waals surface area (Å²) in [6.07, 6.45) is 0. The second kappa shape index (κ2) is 4.44. The van der Waals surface area contributed by atoms with Crippen molar-refractivity contribution in [2.45, 2.75) is 0 Å². The van der Waals surface area contributed by atoms with Crippen LogP contribution >= 0.6 is 0 Å². The molecule has 0 aliphatic rings. The molecule has 3 aromatic rings.